The van der Waals surface area contributed by atoms with Crippen molar-refractivity contribution < 1.29 is 4.74 Å². The molecule has 0 bridgehead atoms. The highest BCUT2D eigenvalue weighted by Gasteiger charge is 2.38. The quantitative estimate of drug-likeness (QED) is 0.320. The number of hydrogen-bond donors (Lipinski definition) is 2. The summed E-state index contributed by atoms with van der Waals surface area (Å²) in [5, 5.41) is 7.25. The van der Waals surface area contributed by atoms with Crippen molar-refractivity contribution in [1.82, 2.24) is 20.4 Å². The Morgan fingerprint density at radius 3 is 2.31 bits per heavy atom. The number of guanidine groups is 1. The minimum absolute atomic E-state index is 0. The highest BCUT2D eigenvalue weighted by Crippen LogP contribution is 2.34. The van der Waals surface area contributed by atoms with Crippen LogP contribution in [0.3, 0.4) is 0 Å². The molecular weight excluding hydrogens is 477 g/mol. The van der Waals surface area contributed by atoms with Crippen LogP contribution in [0.4, 0.5) is 0 Å². The Labute approximate surface area is 195 Å². The molecule has 7 heteroatoms. The molecule has 2 saturated heterocycles. The Hall–Kier alpha value is -0.120. The van der Waals surface area contributed by atoms with Crippen LogP contribution < -0.4 is 10.6 Å². The van der Waals surface area contributed by atoms with Crippen LogP contribution in [-0.4, -0.2) is 85.9 Å². The van der Waals surface area contributed by atoms with E-state index in [0.717, 1.165) is 45.4 Å². The average molecular weight is 522 g/mol. The molecule has 0 aromatic carbocycles. The van der Waals surface area contributed by atoms with Crippen LogP contribution >= 0.6 is 24.0 Å². The van der Waals surface area contributed by atoms with E-state index in [9.17, 15) is 0 Å². The standard InChI is InChI=1S/C22H43N5O.HI/c1-4-23-21(25-20-8-12-26(13-9-20)19(2)3)24-18-22(10-6-5-7-11-22)27-14-16-28-17-15-27;/h19-20H,4-18H2,1-3H3,(H2,23,24,25);1H. The van der Waals surface area contributed by atoms with Gasteiger partial charge in [0.25, 0.3) is 0 Å². The van der Waals surface area contributed by atoms with E-state index in [4.69, 9.17) is 9.73 Å². The molecule has 0 radical (unpaired) electrons. The monoisotopic (exact) mass is 521 g/mol. The third kappa shape index (κ3) is 7.21. The molecule has 3 fully saturated rings. The molecule has 0 spiro atoms. The second-order valence-corrected chi connectivity index (χ2v) is 9.13. The lowest BCUT2D eigenvalue weighted by Gasteiger charge is -2.47. The molecule has 0 aromatic heterocycles. The third-order valence-electron chi connectivity index (χ3n) is 6.94. The molecule has 0 amide bonds. The van der Waals surface area contributed by atoms with Crippen LogP contribution in [0.1, 0.15) is 65.7 Å². The number of halogens is 1. The number of nitrogens with zero attached hydrogens (tertiary/aromatic N) is 3. The Morgan fingerprint density at radius 1 is 1.07 bits per heavy atom. The van der Waals surface area contributed by atoms with E-state index in [-0.39, 0.29) is 29.5 Å². The van der Waals surface area contributed by atoms with Crippen LogP contribution in [-0.2, 0) is 4.74 Å². The van der Waals surface area contributed by atoms with Crippen molar-refractivity contribution in [2.75, 3.05) is 52.5 Å². The lowest BCUT2D eigenvalue weighted by Crippen LogP contribution is -2.57. The summed E-state index contributed by atoms with van der Waals surface area (Å²) in [6, 6.07) is 1.20. The first-order valence-electron chi connectivity index (χ1n) is 11.7. The van der Waals surface area contributed by atoms with Crippen molar-refractivity contribution in [2.24, 2.45) is 4.99 Å². The lowest BCUT2D eigenvalue weighted by molar-refractivity contribution is -0.0333. The van der Waals surface area contributed by atoms with E-state index in [1.807, 2.05) is 0 Å². The topological polar surface area (TPSA) is 52.1 Å². The predicted molar refractivity (Wildman–Crippen MR) is 132 cm³/mol. The van der Waals surface area contributed by atoms with Crippen molar-refractivity contribution in [3.63, 3.8) is 0 Å². The summed E-state index contributed by atoms with van der Waals surface area (Å²) < 4.78 is 5.62. The molecule has 2 aliphatic heterocycles. The number of rotatable bonds is 6. The summed E-state index contributed by atoms with van der Waals surface area (Å²) >= 11 is 0. The van der Waals surface area contributed by atoms with Crippen molar-refractivity contribution in [1.29, 1.82) is 0 Å². The molecule has 1 saturated carbocycles. The van der Waals surface area contributed by atoms with Gasteiger partial charge in [0.1, 0.15) is 0 Å². The van der Waals surface area contributed by atoms with Gasteiger partial charge in [-0.1, -0.05) is 19.3 Å². The normalized spacial score (nSPS) is 24.9. The Bertz CT molecular complexity index is 482. The zero-order chi connectivity index (χ0) is 19.8. The fraction of sp³-hybridized carbons (Fsp3) is 0.955. The molecule has 2 heterocycles. The zero-order valence-electron chi connectivity index (χ0n) is 18.9. The maximum absolute atomic E-state index is 5.62. The number of morpholine rings is 1. The van der Waals surface area contributed by atoms with Gasteiger partial charge in [-0.2, -0.15) is 0 Å². The number of nitrogens with one attached hydrogen (secondary N) is 2. The summed E-state index contributed by atoms with van der Waals surface area (Å²) in [4.78, 5) is 10.4. The fourth-order valence-electron chi connectivity index (χ4n) is 5.12. The number of piperidine rings is 1. The summed E-state index contributed by atoms with van der Waals surface area (Å²) in [5.41, 5.74) is 0.241. The molecule has 1 aliphatic carbocycles. The minimum Gasteiger partial charge on any atom is -0.379 e. The van der Waals surface area contributed by atoms with E-state index in [1.165, 1.54) is 58.0 Å². The Morgan fingerprint density at radius 2 is 1.72 bits per heavy atom. The van der Waals surface area contributed by atoms with Gasteiger partial charge < -0.3 is 20.3 Å². The van der Waals surface area contributed by atoms with Gasteiger partial charge in [0, 0.05) is 50.3 Å². The van der Waals surface area contributed by atoms with Gasteiger partial charge in [0.15, 0.2) is 5.96 Å². The van der Waals surface area contributed by atoms with Gasteiger partial charge in [-0.05, 0) is 46.5 Å². The summed E-state index contributed by atoms with van der Waals surface area (Å²) in [7, 11) is 0. The maximum atomic E-state index is 5.62. The van der Waals surface area contributed by atoms with Crippen LogP contribution in [0.5, 0.6) is 0 Å². The van der Waals surface area contributed by atoms with E-state index < -0.39 is 0 Å². The molecule has 0 unspecified atom stereocenters. The smallest absolute Gasteiger partial charge is 0.191 e. The maximum Gasteiger partial charge on any atom is 0.191 e. The molecule has 29 heavy (non-hydrogen) atoms. The zero-order valence-corrected chi connectivity index (χ0v) is 21.2. The van der Waals surface area contributed by atoms with Gasteiger partial charge in [0.2, 0.25) is 0 Å². The highest BCUT2D eigenvalue weighted by atomic mass is 127. The van der Waals surface area contributed by atoms with Gasteiger partial charge in [-0.25, -0.2) is 0 Å². The van der Waals surface area contributed by atoms with Gasteiger partial charge in [0.05, 0.1) is 19.8 Å². The first-order chi connectivity index (χ1) is 13.6. The van der Waals surface area contributed by atoms with Gasteiger partial charge in [-0.15, -0.1) is 24.0 Å². The van der Waals surface area contributed by atoms with Crippen LogP contribution in [0.25, 0.3) is 0 Å². The number of ether oxygens (including phenoxy) is 1. The average Bonchev–Trinajstić information content (AvgIpc) is 2.74. The van der Waals surface area contributed by atoms with Crippen LogP contribution in [0.15, 0.2) is 4.99 Å². The Kier molecular flexibility index (Phi) is 11.0. The highest BCUT2D eigenvalue weighted by molar-refractivity contribution is 14.0. The van der Waals surface area contributed by atoms with Crippen molar-refractivity contribution in [2.45, 2.75) is 83.3 Å². The molecule has 3 rings (SSSR count). The van der Waals surface area contributed by atoms with E-state index in [1.54, 1.807) is 0 Å². The lowest BCUT2D eigenvalue weighted by atomic mass is 9.80. The van der Waals surface area contributed by atoms with Gasteiger partial charge >= 0.3 is 0 Å². The van der Waals surface area contributed by atoms with Gasteiger partial charge in [-0.3, -0.25) is 9.89 Å². The van der Waals surface area contributed by atoms with Crippen molar-refractivity contribution >= 4 is 29.9 Å². The predicted octanol–water partition coefficient (Wildman–Crippen LogP) is 3.07. The second-order valence-electron chi connectivity index (χ2n) is 9.13. The number of likely N-dealkylation sites (tertiary alicyclic amines) is 1. The summed E-state index contributed by atoms with van der Waals surface area (Å²) in [5.74, 6) is 1.02. The molecule has 6 nitrogen and oxygen atoms in total. The molecule has 0 atom stereocenters. The first-order valence-corrected chi connectivity index (χ1v) is 11.7. The van der Waals surface area contributed by atoms with E-state index in [2.05, 4.69) is 41.2 Å². The first kappa shape index (κ1) is 25.1. The molecular formula is C22H44IN5O. The number of aliphatic imine (C=N–C) groups is 1. The fourth-order valence-corrected chi connectivity index (χ4v) is 5.12. The summed E-state index contributed by atoms with van der Waals surface area (Å²) in [6.45, 7) is 14.8. The molecule has 0 aromatic rings. The second kappa shape index (κ2) is 12.7. The van der Waals surface area contributed by atoms with Crippen molar-refractivity contribution in [3.8, 4) is 0 Å². The Balaban J connectivity index is 0.00000300. The SMILES string of the molecule is CCNC(=NCC1(N2CCOCC2)CCCCC1)NC1CCN(C(C)C)CC1.I. The largest absolute Gasteiger partial charge is 0.379 e. The molecule has 3 aliphatic rings. The number of hydrogen-bond acceptors (Lipinski definition) is 4. The van der Waals surface area contributed by atoms with E-state index >= 15 is 0 Å². The van der Waals surface area contributed by atoms with Crippen LogP contribution in [0, 0.1) is 0 Å². The molecule has 170 valence electrons. The summed E-state index contributed by atoms with van der Waals surface area (Å²) in [6.07, 6.45) is 9.03. The van der Waals surface area contributed by atoms with Crippen molar-refractivity contribution in [3.05, 3.63) is 0 Å². The van der Waals surface area contributed by atoms with Crippen LogP contribution in [0.2, 0.25) is 0 Å². The van der Waals surface area contributed by atoms with E-state index in [0.29, 0.717) is 12.1 Å². The minimum atomic E-state index is 0. The molecule has 2 N–H and O–H groups in total. The third-order valence-corrected chi connectivity index (χ3v) is 6.94.